The van der Waals surface area contributed by atoms with Gasteiger partial charge in [0.05, 0.1) is 13.3 Å². The maximum absolute atomic E-state index is 12.7. The van der Waals surface area contributed by atoms with Crippen LogP contribution in [0.15, 0.2) is 54.9 Å². The Morgan fingerprint density at radius 3 is 2.57 bits per heavy atom. The van der Waals surface area contributed by atoms with Crippen molar-refractivity contribution >= 4 is 11.7 Å². The van der Waals surface area contributed by atoms with E-state index < -0.39 is 0 Å². The molecule has 1 fully saturated rings. The van der Waals surface area contributed by atoms with Gasteiger partial charge in [0, 0.05) is 49.6 Å². The normalized spacial score (nSPS) is 15.5. The largest absolute Gasteiger partial charge is 0.481 e. The fraction of sp³-hybridized carbons (Fsp3) is 0.286. The topological polar surface area (TPSA) is 63.5 Å². The Labute approximate surface area is 164 Å². The molecule has 1 saturated heterocycles. The van der Waals surface area contributed by atoms with Crippen LogP contribution in [0, 0.1) is 0 Å². The first-order valence-corrected chi connectivity index (χ1v) is 9.30. The number of rotatable bonds is 4. The average Bonchev–Trinajstić information content (AvgIpc) is 3.10. The van der Waals surface area contributed by atoms with Gasteiger partial charge in [-0.25, -0.2) is 9.97 Å². The third-order valence-electron chi connectivity index (χ3n) is 4.92. The molecule has 3 heterocycles. The van der Waals surface area contributed by atoms with E-state index in [-0.39, 0.29) is 5.91 Å². The molecule has 1 amide bonds. The molecule has 0 bridgehead atoms. The number of methoxy groups -OCH3 is 1. The van der Waals surface area contributed by atoms with Gasteiger partial charge in [-0.3, -0.25) is 14.3 Å². The molecule has 4 rings (SSSR count). The van der Waals surface area contributed by atoms with Crippen molar-refractivity contribution in [1.82, 2.24) is 19.4 Å². The molecule has 7 heteroatoms. The summed E-state index contributed by atoms with van der Waals surface area (Å²) in [7, 11) is 3.63. The summed E-state index contributed by atoms with van der Waals surface area (Å²) in [6.07, 6.45) is 4.16. The standard InChI is InChI=1S/C21H23N5O2/c1-24-11-10-20(27)25(13-12-24)18-15-26(17-6-4-3-5-7-17)21(23-18)16-8-9-19(28-2)22-14-16/h3-9,14-15H,10-13H2,1-2H3. The Morgan fingerprint density at radius 2 is 1.86 bits per heavy atom. The quantitative estimate of drug-likeness (QED) is 0.699. The molecule has 0 aliphatic carbocycles. The number of amides is 1. The Kier molecular flexibility index (Phi) is 5.08. The number of carbonyl (C=O) groups is 1. The highest BCUT2D eigenvalue weighted by Crippen LogP contribution is 2.28. The molecule has 0 spiro atoms. The summed E-state index contributed by atoms with van der Waals surface area (Å²) in [6, 6.07) is 13.7. The zero-order valence-corrected chi connectivity index (χ0v) is 16.1. The minimum Gasteiger partial charge on any atom is -0.481 e. The summed E-state index contributed by atoms with van der Waals surface area (Å²) in [5.41, 5.74) is 1.83. The van der Waals surface area contributed by atoms with Crippen molar-refractivity contribution in [2.24, 2.45) is 0 Å². The summed E-state index contributed by atoms with van der Waals surface area (Å²) >= 11 is 0. The molecule has 1 aliphatic heterocycles. The number of anilines is 1. The number of likely N-dealkylation sites (N-methyl/N-ethyl adjacent to an activating group) is 1. The number of aromatic nitrogens is 3. The van der Waals surface area contributed by atoms with Crippen LogP contribution in [0.1, 0.15) is 6.42 Å². The molecule has 0 radical (unpaired) electrons. The highest BCUT2D eigenvalue weighted by atomic mass is 16.5. The lowest BCUT2D eigenvalue weighted by Crippen LogP contribution is -2.32. The van der Waals surface area contributed by atoms with Crippen LogP contribution >= 0.6 is 0 Å². The number of pyridine rings is 1. The number of carbonyl (C=O) groups excluding carboxylic acids is 1. The molecular weight excluding hydrogens is 354 g/mol. The molecule has 0 N–H and O–H groups in total. The minimum atomic E-state index is 0.0986. The first-order chi connectivity index (χ1) is 13.7. The van der Waals surface area contributed by atoms with Crippen molar-refractivity contribution in [2.75, 3.05) is 38.7 Å². The van der Waals surface area contributed by atoms with Gasteiger partial charge in [0.2, 0.25) is 11.8 Å². The van der Waals surface area contributed by atoms with Crippen LogP contribution in [0.25, 0.3) is 17.1 Å². The Bertz CT molecular complexity index is 953. The van der Waals surface area contributed by atoms with E-state index in [4.69, 9.17) is 9.72 Å². The lowest BCUT2D eigenvalue weighted by molar-refractivity contribution is -0.118. The number of para-hydroxylation sites is 1. The van der Waals surface area contributed by atoms with E-state index in [0.29, 0.717) is 24.7 Å². The lowest BCUT2D eigenvalue weighted by atomic mass is 10.2. The molecule has 7 nitrogen and oxygen atoms in total. The minimum absolute atomic E-state index is 0.0986. The lowest BCUT2D eigenvalue weighted by Gasteiger charge is -2.17. The second-order valence-corrected chi connectivity index (χ2v) is 6.82. The van der Waals surface area contributed by atoms with E-state index >= 15 is 0 Å². The van der Waals surface area contributed by atoms with Gasteiger partial charge in [-0.15, -0.1) is 0 Å². The SMILES string of the molecule is COc1ccc(-c2nc(N3CCN(C)CCC3=O)cn2-c2ccccc2)cn1. The number of benzene rings is 1. The smallest absolute Gasteiger partial charge is 0.229 e. The number of nitrogens with zero attached hydrogens (tertiary/aromatic N) is 5. The van der Waals surface area contributed by atoms with Gasteiger partial charge in [0.15, 0.2) is 5.82 Å². The summed E-state index contributed by atoms with van der Waals surface area (Å²) in [5.74, 6) is 2.05. The van der Waals surface area contributed by atoms with Crippen LogP contribution in [0.2, 0.25) is 0 Å². The van der Waals surface area contributed by atoms with Crippen LogP contribution < -0.4 is 9.64 Å². The van der Waals surface area contributed by atoms with Gasteiger partial charge in [-0.05, 0) is 25.2 Å². The molecule has 0 atom stereocenters. The third-order valence-corrected chi connectivity index (χ3v) is 4.92. The predicted octanol–water partition coefficient (Wildman–Crippen LogP) is 2.61. The van der Waals surface area contributed by atoms with Gasteiger partial charge in [0.25, 0.3) is 0 Å². The molecule has 1 aromatic carbocycles. The van der Waals surface area contributed by atoms with E-state index in [2.05, 4.69) is 9.88 Å². The third kappa shape index (κ3) is 3.61. The highest BCUT2D eigenvalue weighted by molar-refractivity contribution is 5.93. The van der Waals surface area contributed by atoms with Crippen molar-refractivity contribution < 1.29 is 9.53 Å². The van der Waals surface area contributed by atoms with E-state index in [1.807, 2.05) is 60.3 Å². The van der Waals surface area contributed by atoms with Crippen molar-refractivity contribution in [2.45, 2.75) is 6.42 Å². The second-order valence-electron chi connectivity index (χ2n) is 6.82. The van der Waals surface area contributed by atoms with Crippen molar-refractivity contribution in [3.05, 3.63) is 54.9 Å². The van der Waals surface area contributed by atoms with E-state index in [9.17, 15) is 4.79 Å². The van der Waals surface area contributed by atoms with Gasteiger partial charge >= 0.3 is 0 Å². The van der Waals surface area contributed by atoms with Crippen LogP contribution in [0.4, 0.5) is 5.82 Å². The van der Waals surface area contributed by atoms with Gasteiger partial charge in [-0.1, -0.05) is 18.2 Å². The Morgan fingerprint density at radius 1 is 1.04 bits per heavy atom. The molecule has 144 valence electrons. The monoisotopic (exact) mass is 377 g/mol. The molecular formula is C21H23N5O2. The Balaban J connectivity index is 1.78. The maximum atomic E-state index is 12.7. The molecule has 1 aliphatic rings. The maximum Gasteiger partial charge on any atom is 0.229 e. The van der Waals surface area contributed by atoms with Gasteiger partial charge in [0.1, 0.15) is 5.82 Å². The summed E-state index contributed by atoms with van der Waals surface area (Å²) < 4.78 is 7.16. The zero-order chi connectivity index (χ0) is 19.5. The number of imidazole rings is 1. The van der Waals surface area contributed by atoms with E-state index in [1.165, 1.54) is 0 Å². The summed E-state index contributed by atoms with van der Waals surface area (Å²) in [5, 5.41) is 0. The highest BCUT2D eigenvalue weighted by Gasteiger charge is 2.24. The zero-order valence-electron chi connectivity index (χ0n) is 16.1. The van der Waals surface area contributed by atoms with Crippen molar-refractivity contribution in [3.8, 4) is 23.0 Å². The van der Waals surface area contributed by atoms with Crippen LogP contribution in [-0.2, 0) is 4.79 Å². The van der Waals surface area contributed by atoms with E-state index in [0.717, 1.165) is 30.2 Å². The number of ether oxygens (including phenoxy) is 1. The fourth-order valence-corrected chi connectivity index (χ4v) is 3.29. The summed E-state index contributed by atoms with van der Waals surface area (Å²) in [4.78, 5) is 25.7. The summed E-state index contributed by atoms with van der Waals surface area (Å²) in [6.45, 7) is 2.22. The van der Waals surface area contributed by atoms with Crippen LogP contribution in [0.5, 0.6) is 5.88 Å². The van der Waals surface area contributed by atoms with Gasteiger partial charge in [-0.2, -0.15) is 0 Å². The van der Waals surface area contributed by atoms with Gasteiger partial charge < -0.3 is 9.64 Å². The van der Waals surface area contributed by atoms with Crippen LogP contribution in [-0.4, -0.2) is 59.1 Å². The molecule has 0 saturated carbocycles. The first-order valence-electron chi connectivity index (χ1n) is 9.30. The fourth-order valence-electron chi connectivity index (χ4n) is 3.29. The van der Waals surface area contributed by atoms with Crippen molar-refractivity contribution in [3.63, 3.8) is 0 Å². The molecule has 0 unspecified atom stereocenters. The van der Waals surface area contributed by atoms with Crippen molar-refractivity contribution in [1.29, 1.82) is 0 Å². The second kappa shape index (κ2) is 7.82. The molecule has 3 aromatic rings. The number of hydrogen-bond donors (Lipinski definition) is 0. The average molecular weight is 377 g/mol. The first kappa shape index (κ1) is 18.2. The van der Waals surface area contributed by atoms with Crippen LogP contribution in [0.3, 0.4) is 0 Å². The van der Waals surface area contributed by atoms with E-state index in [1.54, 1.807) is 18.2 Å². The Hall–Kier alpha value is -3.19. The molecule has 28 heavy (non-hydrogen) atoms. The number of hydrogen-bond acceptors (Lipinski definition) is 5. The molecule has 2 aromatic heterocycles. The predicted molar refractivity (Wildman–Crippen MR) is 108 cm³/mol.